The fraction of sp³-hybridized carbons (Fsp3) is 0.776. The highest BCUT2D eigenvalue weighted by Gasteiger charge is 2.19. The van der Waals surface area contributed by atoms with Gasteiger partial charge in [-0.15, -0.1) is 0 Å². The number of rotatable bonds is 49. The standard InChI is InChI=1S/C58H102O6/c1-4-7-10-13-16-18-20-22-24-25-26-27-28-29-30-31-32-33-35-36-38-40-42-45-48-51-57(60)63-54-55(53-62-56(59)50-47-44-15-12-9-6-3)64-58(61)52-49-46-43-41-39-37-34-23-21-19-17-14-11-8-5-2/h17,19-20,22-23,25-26,28-29,34,55H,4-16,18,21,24,27,30-33,35-54H2,1-3H3/b19-17-,22-20-,26-25-,29-28-,34-23-. The molecule has 0 saturated carbocycles. The fourth-order valence-corrected chi connectivity index (χ4v) is 7.60. The minimum Gasteiger partial charge on any atom is -0.462 e. The maximum Gasteiger partial charge on any atom is 0.306 e. The van der Waals surface area contributed by atoms with E-state index < -0.39 is 6.10 Å². The largest absolute Gasteiger partial charge is 0.462 e. The van der Waals surface area contributed by atoms with Gasteiger partial charge >= 0.3 is 17.9 Å². The summed E-state index contributed by atoms with van der Waals surface area (Å²) in [6.07, 6.45) is 65.2. The van der Waals surface area contributed by atoms with Crippen molar-refractivity contribution >= 4 is 17.9 Å². The van der Waals surface area contributed by atoms with Crippen LogP contribution in [0.4, 0.5) is 0 Å². The van der Waals surface area contributed by atoms with Crippen molar-refractivity contribution in [1.82, 2.24) is 0 Å². The monoisotopic (exact) mass is 895 g/mol. The average Bonchev–Trinajstić information content (AvgIpc) is 3.29. The number of allylic oxidation sites excluding steroid dienone is 10. The van der Waals surface area contributed by atoms with Gasteiger partial charge < -0.3 is 14.2 Å². The number of carbonyl (C=O) groups is 3. The molecule has 0 bridgehead atoms. The van der Waals surface area contributed by atoms with Crippen LogP contribution in [0.1, 0.15) is 271 Å². The molecule has 0 fully saturated rings. The van der Waals surface area contributed by atoms with Gasteiger partial charge in [-0.3, -0.25) is 14.4 Å². The average molecular weight is 895 g/mol. The first kappa shape index (κ1) is 61.1. The Morgan fingerprint density at radius 2 is 0.562 bits per heavy atom. The second-order valence-electron chi connectivity index (χ2n) is 18.1. The predicted octanol–water partition coefficient (Wildman–Crippen LogP) is 18.0. The van der Waals surface area contributed by atoms with Crippen LogP contribution in [0.15, 0.2) is 60.8 Å². The molecule has 0 aromatic rings. The first-order chi connectivity index (χ1) is 31.5. The molecule has 0 heterocycles. The van der Waals surface area contributed by atoms with Crippen LogP contribution in [0.5, 0.6) is 0 Å². The van der Waals surface area contributed by atoms with E-state index in [0.717, 1.165) is 96.3 Å². The van der Waals surface area contributed by atoms with Crippen LogP contribution < -0.4 is 0 Å². The van der Waals surface area contributed by atoms with Crippen molar-refractivity contribution in [3.63, 3.8) is 0 Å². The molecule has 0 radical (unpaired) electrons. The number of unbranched alkanes of at least 4 members (excludes halogenated alkanes) is 28. The first-order valence-corrected chi connectivity index (χ1v) is 27.3. The Morgan fingerprint density at radius 1 is 0.312 bits per heavy atom. The van der Waals surface area contributed by atoms with E-state index in [9.17, 15) is 14.4 Å². The van der Waals surface area contributed by atoms with Gasteiger partial charge in [0.2, 0.25) is 0 Å². The van der Waals surface area contributed by atoms with Gasteiger partial charge in [-0.25, -0.2) is 0 Å². The van der Waals surface area contributed by atoms with Gasteiger partial charge in [-0.05, 0) is 89.9 Å². The highest BCUT2D eigenvalue weighted by atomic mass is 16.6. The molecule has 0 aliphatic heterocycles. The lowest BCUT2D eigenvalue weighted by Gasteiger charge is -2.18. The Labute approximate surface area is 396 Å². The molecule has 0 aliphatic rings. The van der Waals surface area contributed by atoms with E-state index in [1.807, 2.05) is 0 Å². The molecule has 0 saturated heterocycles. The summed E-state index contributed by atoms with van der Waals surface area (Å²) in [6.45, 7) is 6.53. The number of hydrogen-bond acceptors (Lipinski definition) is 6. The molecule has 6 nitrogen and oxygen atoms in total. The zero-order chi connectivity index (χ0) is 46.5. The summed E-state index contributed by atoms with van der Waals surface area (Å²) in [5.41, 5.74) is 0. The molecule has 0 aromatic carbocycles. The van der Waals surface area contributed by atoms with Gasteiger partial charge in [0, 0.05) is 19.3 Å². The lowest BCUT2D eigenvalue weighted by molar-refractivity contribution is -0.167. The summed E-state index contributed by atoms with van der Waals surface area (Å²) < 4.78 is 16.7. The Bertz CT molecular complexity index is 1170. The van der Waals surface area contributed by atoms with E-state index in [2.05, 4.69) is 81.5 Å². The third-order valence-electron chi connectivity index (χ3n) is 11.7. The lowest BCUT2D eigenvalue weighted by atomic mass is 10.1. The molecular formula is C58H102O6. The fourth-order valence-electron chi connectivity index (χ4n) is 7.60. The SMILES string of the molecule is CCCCC/C=C\C/C=C\CCCCCCCC(=O)OC(COC(=O)CCCCCCCC)COC(=O)CCCCCCCCCCCC/C=C\C/C=C\C/C=C\CCCCCCC. The van der Waals surface area contributed by atoms with Crippen molar-refractivity contribution in [3.05, 3.63) is 60.8 Å². The molecule has 0 aromatic heterocycles. The molecule has 370 valence electrons. The zero-order valence-corrected chi connectivity index (χ0v) is 42.3. The van der Waals surface area contributed by atoms with E-state index in [1.54, 1.807) is 0 Å². The van der Waals surface area contributed by atoms with E-state index in [1.165, 1.54) is 135 Å². The molecule has 0 N–H and O–H groups in total. The van der Waals surface area contributed by atoms with Gasteiger partial charge in [0.05, 0.1) is 0 Å². The van der Waals surface area contributed by atoms with Crippen LogP contribution in [-0.4, -0.2) is 37.2 Å². The predicted molar refractivity (Wildman–Crippen MR) is 275 cm³/mol. The van der Waals surface area contributed by atoms with Gasteiger partial charge in [-0.1, -0.05) is 223 Å². The van der Waals surface area contributed by atoms with Gasteiger partial charge in [0.25, 0.3) is 0 Å². The third-order valence-corrected chi connectivity index (χ3v) is 11.7. The van der Waals surface area contributed by atoms with Crippen LogP contribution >= 0.6 is 0 Å². The van der Waals surface area contributed by atoms with Crippen LogP contribution in [0.25, 0.3) is 0 Å². The Hall–Kier alpha value is -2.89. The lowest BCUT2D eigenvalue weighted by Crippen LogP contribution is -2.30. The highest BCUT2D eigenvalue weighted by Crippen LogP contribution is 2.15. The van der Waals surface area contributed by atoms with Gasteiger partial charge in [0.1, 0.15) is 13.2 Å². The summed E-state index contributed by atoms with van der Waals surface area (Å²) in [5.74, 6) is -0.904. The van der Waals surface area contributed by atoms with E-state index in [0.29, 0.717) is 19.3 Å². The van der Waals surface area contributed by atoms with Crippen molar-refractivity contribution in [2.45, 2.75) is 277 Å². The van der Waals surface area contributed by atoms with Crippen LogP contribution in [0.2, 0.25) is 0 Å². The van der Waals surface area contributed by atoms with Gasteiger partial charge in [0.15, 0.2) is 6.10 Å². The van der Waals surface area contributed by atoms with Gasteiger partial charge in [-0.2, -0.15) is 0 Å². The molecule has 6 heteroatoms. The first-order valence-electron chi connectivity index (χ1n) is 27.3. The molecule has 0 spiro atoms. The molecule has 1 unspecified atom stereocenters. The maximum atomic E-state index is 12.7. The second kappa shape index (κ2) is 52.7. The van der Waals surface area contributed by atoms with Crippen molar-refractivity contribution < 1.29 is 28.6 Å². The second-order valence-corrected chi connectivity index (χ2v) is 18.1. The zero-order valence-electron chi connectivity index (χ0n) is 42.3. The van der Waals surface area contributed by atoms with Crippen molar-refractivity contribution in [1.29, 1.82) is 0 Å². The topological polar surface area (TPSA) is 78.9 Å². The number of esters is 3. The molecule has 64 heavy (non-hydrogen) atoms. The minimum absolute atomic E-state index is 0.0808. The summed E-state index contributed by atoms with van der Waals surface area (Å²) >= 11 is 0. The molecule has 0 aliphatic carbocycles. The van der Waals surface area contributed by atoms with Crippen LogP contribution in [-0.2, 0) is 28.6 Å². The number of ether oxygens (including phenoxy) is 3. The number of carbonyl (C=O) groups excluding carboxylic acids is 3. The minimum atomic E-state index is -0.779. The molecule has 1 atom stereocenters. The summed E-state index contributed by atoms with van der Waals surface area (Å²) in [6, 6.07) is 0. The smallest absolute Gasteiger partial charge is 0.306 e. The number of hydrogen-bond donors (Lipinski definition) is 0. The van der Waals surface area contributed by atoms with E-state index in [4.69, 9.17) is 14.2 Å². The molecule has 0 amide bonds. The quantitative estimate of drug-likeness (QED) is 0.0262. The third kappa shape index (κ3) is 50.1. The summed E-state index contributed by atoms with van der Waals surface area (Å²) in [5, 5.41) is 0. The Morgan fingerprint density at radius 3 is 0.906 bits per heavy atom. The Balaban J connectivity index is 4.15. The Kier molecular flexibility index (Phi) is 50.4. The van der Waals surface area contributed by atoms with Crippen molar-refractivity contribution in [2.75, 3.05) is 13.2 Å². The molecular weight excluding hydrogens is 793 g/mol. The van der Waals surface area contributed by atoms with E-state index in [-0.39, 0.29) is 31.1 Å². The maximum absolute atomic E-state index is 12.7. The summed E-state index contributed by atoms with van der Waals surface area (Å²) in [7, 11) is 0. The van der Waals surface area contributed by atoms with E-state index >= 15 is 0 Å². The highest BCUT2D eigenvalue weighted by molar-refractivity contribution is 5.71. The normalized spacial score (nSPS) is 12.5. The van der Waals surface area contributed by atoms with Crippen molar-refractivity contribution in [2.24, 2.45) is 0 Å². The van der Waals surface area contributed by atoms with Crippen LogP contribution in [0, 0.1) is 0 Å². The van der Waals surface area contributed by atoms with Crippen LogP contribution in [0.3, 0.4) is 0 Å². The van der Waals surface area contributed by atoms with Crippen molar-refractivity contribution in [3.8, 4) is 0 Å². The molecule has 0 rings (SSSR count). The summed E-state index contributed by atoms with van der Waals surface area (Å²) in [4.78, 5) is 37.8.